The second-order valence-electron chi connectivity index (χ2n) is 5.09. The first-order chi connectivity index (χ1) is 8.87. The molecule has 116 valence electrons. The van der Waals surface area contributed by atoms with E-state index >= 15 is 0 Å². The lowest BCUT2D eigenvalue weighted by molar-refractivity contribution is 0.298. The summed E-state index contributed by atoms with van der Waals surface area (Å²) in [5, 5.41) is 7.41. The van der Waals surface area contributed by atoms with E-state index in [1.165, 1.54) is 0 Å². The van der Waals surface area contributed by atoms with Crippen molar-refractivity contribution in [2.75, 3.05) is 20.1 Å². The monoisotopic (exact) mass is 322 g/mol. The van der Waals surface area contributed by atoms with Crippen molar-refractivity contribution in [2.24, 2.45) is 7.05 Å². The molecule has 0 aromatic carbocycles. The molecule has 1 aromatic rings. The van der Waals surface area contributed by atoms with Crippen LogP contribution in [0.2, 0.25) is 0 Å². The van der Waals surface area contributed by atoms with Crippen molar-refractivity contribution in [1.82, 2.24) is 19.4 Å². The summed E-state index contributed by atoms with van der Waals surface area (Å²) in [5.41, 5.74) is 1.28. The summed E-state index contributed by atoms with van der Waals surface area (Å²) in [6.07, 6.45) is 1.71. The summed E-state index contributed by atoms with van der Waals surface area (Å²) in [6.45, 7) is 4.69. The third kappa shape index (κ3) is 3.00. The van der Waals surface area contributed by atoms with Gasteiger partial charge in [0.2, 0.25) is 10.0 Å². The summed E-state index contributed by atoms with van der Waals surface area (Å²) in [6, 6.07) is 0.419. The minimum atomic E-state index is -3.41. The molecule has 0 atom stereocenters. The van der Waals surface area contributed by atoms with E-state index in [9.17, 15) is 8.42 Å². The smallest absolute Gasteiger partial charge is 0.246 e. The third-order valence-corrected chi connectivity index (χ3v) is 6.05. The molecule has 0 radical (unpaired) electrons. The van der Waals surface area contributed by atoms with Gasteiger partial charge >= 0.3 is 0 Å². The molecule has 2 heterocycles. The number of piperidine rings is 1. The number of rotatable bonds is 3. The molecule has 0 bridgehead atoms. The molecule has 0 saturated carbocycles. The zero-order chi connectivity index (χ0) is 14.2. The molecule has 0 aliphatic carbocycles. The Labute approximate surface area is 127 Å². The molecule has 1 aliphatic heterocycles. The highest BCUT2D eigenvalue weighted by Crippen LogP contribution is 2.25. The van der Waals surface area contributed by atoms with Gasteiger partial charge < -0.3 is 5.32 Å². The molecule has 1 fully saturated rings. The first kappa shape index (κ1) is 17.4. The predicted octanol–water partition coefficient (Wildman–Crippen LogP) is 0.831. The van der Waals surface area contributed by atoms with Crippen LogP contribution in [0.4, 0.5) is 0 Å². The first-order valence-electron chi connectivity index (χ1n) is 6.55. The molecule has 1 aliphatic rings. The van der Waals surface area contributed by atoms with Crippen LogP contribution in [0.25, 0.3) is 0 Å². The maximum Gasteiger partial charge on any atom is 0.246 e. The number of nitrogens with zero attached hydrogens (tertiary/aromatic N) is 3. The van der Waals surface area contributed by atoms with Crippen molar-refractivity contribution in [3.63, 3.8) is 0 Å². The quantitative estimate of drug-likeness (QED) is 0.895. The minimum Gasteiger partial charge on any atom is -0.317 e. The summed E-state index contributed by atoms with van der Waals surface area (Å²) >= 11 is 0. The molecule has 2 rings (SSSR count). The highest BCUT2D eigenvalue weighted by Gasteiger charge is 2.32. The molecule has 8 heteroatoms. The van der Waals surface area contributed by atoms with Crippen LogP contribution in [-0.2, 0) is 17.1 Å². The highest BCUT2D eigenvalue weighted by atomic mass is 35.5. The molecule has 1 N–H and O–H groups in total. The van der Waals surface area contributed by atoms with Gasteiger partial charge in [0.25, 0.3) is 0 Å². The van der Waals surface area contributed by atoms with Gasteiger partial charge in [0.05, 0.1) is 11.4 Å². The van der Waals surface area contributed by atoms with Crippen LogP contribution in [0.5, 0.6) is 0 Å². The van der Waals surface area contributed by atoms with Crippen LogP contribution in [0.15, 0.2) is 4.90 Å². The van der Waals surface area contributed by atoms with Gasteiger partial charge in [0.15, 0.2) is 0 Å². The molecule has 1 aromatic heterocycles. The van der Waals surface area contributed by atoms with E-state index < -0.39 is 10.0 Å². The largest absolute Gasteiger partial charge is 0.317 e. The number of halogens is 1. The van der Waals surface area contributed by atoms with Crippen molar-refractivity contribution in [3.8, 4) is 0 Å². The van der Waals surface area contributed by atoms with E-state index in [1.807, 2.05) is 7.05 Å². The number of hydrogen-bond acceptors (Lipinski definition) is 4. The molecule has 20 heavy (non-hydrogen) atoms. The summed E-state index contributed by atoms with van der Waals surface area (Å²) < 4.78 is 28.6. The van der Waals surface area contributed by atoms with Crippen LogP contribution >= 0.6 is 12.4 Å². The Bertz CT molecular complexity index is 562. The van der Waals surface area contributed by atoms with Crippen molar-refractivity contribution in [2.45, 2.75) is 37.6 Å². The van der Waals surface area contributed by atoms with Crippen molar-refractivity contribution < 1.29 is 8.42 Å². The Morgan fingerprint density at radius 3 is 2.20 bits per heavy atom. The number of aromatic nitrogens is 2. The molecule has 1 saturated heterocycles. The molecule has 0 unspecified atom stereocenters. The lowest BCUT2D eigenvalue weighted by Crippen LogP contribution is -2.44. The maximum atomic E-state index is 12.7. The van der Waals surface area contributed by atoms with Crippen LogP contribution in [-0.4, -0.2) is 48.7 Å². The normalized spacial score (nSPS) is 18.0. The van der Waals surface area contributed by atoms with Crippen LogP contribution < -0.4 is 5.32 Å². The fraction of sp³-hybridized carbons (Fsp3) is 0.750. The average molecular weight is 323 g/mol. The third-order valence-electron chi connectivity index (χ3n) is 3.90. The van der Waals surface area contributed by atoms with Crippen LogP contribution in [0.1, 0.15) is 24.2 Å². The zero-order valence-corrected chi connectivity index (χ0v) is 14.0. The van der Waals surface area contributed by atoms with Crippen LogP contribution in [0, 0.1) is 13.8 Å². The van der Waals surface area contributed by atoms with Crippen LogP contribution in [0.3, 0.4) is 0 Å². The second kappa shape index (κ2) is 6.43. The number of nitrogens with one attached hydrogen (secondary N) is 1. The Hall–Kier alpha value is -0.630. The maximum absolute atomic E-state index is 12.7. The molecule has 0 spiro atoms. The van der Waals surface area contributed by atoms with Gasteiger partial charge in [-0.25, -0.2) is 8.42 Å². The Balaban J connectivity index is 0.00000200. The van der Waals surface area contributed by atoms with Gasteiger partial charge in [-0.05, 0) is 33.7 Å². The van der Waals surface area contributed by atoms with Crippen molar-refractivity contribution in [3.05, 3.63) is 11.4 Å². The predicted molar refractivity (Wildman–Crippen MR) is 80.8 cm³/mol. The minimum absolute atomic E-state index is 0. The average Bonchev–Trinajstić information content (AvgIpc) is 2.63. The van der Waals surface area contributed by atoms with E-state index in [1.54, 1.807) is 29.9 Å². The molecular formula is C12H23ClN4O2S. The van der Waals surface area contributed by atoms with Gasteiger partial charge in [0, 0.05) is 26.2 Å². The van der Waals surface area contributed by atoms with Gasteiger partial charge in [0.1, 0.15) is 4.90 Å². The Morgan fingerprint density at radius 1 is 1.25 bits per heavy atom. The second-order valence-corrected chi connectivity index (χ2v) is 6.97. The number of hydrogen-bond donors (Lipinski definition) is 1. The molecule has 6 nitrogen and oxygen atoms in total. The van der Waals surface area contributed by atoms with Crippen molar-refractivity contribution in [1.29, 1.82) is 0 Å². The van der Waals surface area contributed by atoms with E-state index in [0.717, 1.165) is 12.8 Å². The number of sulfonamides is 1. The van der Waals surface area contributed by atoms with Gasteiger partial charge in [-0.15, -0.1) is 12.4 Å². The van der Waals surface area contributed by atoms with Gasteiger partial charge in [-0.1, -0.05) is 0 Å². The summed E-state index contributed by atoms with van der Waals surface area (Å²) in [7, 11) is 0.281. The van der Waals surface area contributed by atoms with E-state index in [-0.39, 0.29) is 12.4 Å². The van der Waals surface area contributed by atoms with Gasteiger partial charge in [-0.3, -0.25) is 4.68 Å². The number of aryl methyl sites for hydroxylation is 2. The van der Waals surface area contributed by atoms with E-state index in [2.05, 4.69) is 10.4 Å². The highest BCUT2D eigenvalue weighted by molar-refractivity contribution is 7.89. The fourth-order valence-corrected chi connectivity index (χ4v) is 4.51. The zero-order valence-electron chi connectivity index (χ0n) is 12.4. The fourth-order valence-electron chi connectivity index (χ4n) is 2.64. The van der Waals surface area contributed by atoms with E-state index in [4.69, 9.17) is 0 Å². The van der Waals surface area contributed by atoms with E-state index in [0.29, 0.717) is 35.4 Å². The lowest BCUT2D eigenvalue weighted by atomic mass is 10.1. The lowest BCUT2D eigenvalue weighted by Gasteiger charge is -2.31. The molecular weight excluding hydrogens is 300 g/mol. The topological polar surface area (TPSA) is 67.2 Å². The Morgan fingerprint density at radius 2 is 1.80 bits per heavy atom. The molecule has 0 amide bonds. The first-order valence-corrected chi connectivity index (χ1v) is 7.99. The standard InChI is InChI=1S/C12H22N4O2S.ClH/c1-9-12(10(2)15(4)14-9)19(17,18)16-7-5-11(13-3)6-8-16;/h11,13H,5-8H2,1-4H3;1H. The Kier molecular flexibility index (Phi) is 5.60. The summed E-state index contributed by atoms with van der Waals surface area (Å²) in [5.74, 6) is 0. The van der Waals surface area contributed by atoms with Crippen molar-refractivity contribution >= 4 is 22.4 Å². The SMILES string of the molecule is CNC1CCN(S(=O)(=O)c2c(C)nn(C)c2C)CC1.Cl. The van der Waals surface area contributed by atoms with Gasteiger partial charge in [-0.2, -0.15) is 9.40 Å². The summed E-state index contributed by atoms with van der Waals surface area (Å²) in [4.78, 5) is 0.373.